The van der Waals surface area contributed by atoms with Crippen molar-refractivity contribution in [2.75, 3.05) is 25.7 Å². The number of rotatable bonds is 8. The molecule has 1 aliphatic heterocycles. The molecule has 1 aliphatic rings. The maximum atomic E-state index is 12.6. The smallest absolute Gasteiger partial charge is 0.339 e. The van der Waals surface area contributed by atoms with Gasteiger partial charge < -0.3 is 19.1 Å². The number of ether oxygens (including phenoxy) is 3. The predicted molar refractivity (Wildman–Crippen MR) is 118 cm³/mol. The summed E-state index contributed by atoms with van der Waals surface area (Å²) in [4.78, 5) is 26.5. The summed E-state index contributed by atoms with van der Waals surface area (Å²) in [7, 11) is -0.131. The van der Waals surface area contributed by atoms with E-state index in [9.17, 15) is 18.0 Å². The summed E-state index contributed by atoms with van der Waals surface area (Å²) in [6.45, 7) is 1.81. The molecule has 2 atom stereocenters. The highest BCUT2D eigenvalue weighted by Crippen LogP contribution is 2.29. The van der Waals surface area contributed by atoms with Crippen molar-refractivity contribution in [2.24, 2.45) is 0 Å². The van der Waals surface area contributed by atoms with Gasteiger partial charge in [0, 0.05) is 13.1 Å². The van der Waals surface area contributed by atoms with E-state index in [1.165, 1.54) is 38.1 Å². The fourth-order valence-electron chi connectivity index (χ4n) is 3.48. The number of hydrogen-bond acceptors (Lipinski definition) is 7. The van der Waals surface area contributed by atoms with Crippen molar-refractivity contribution >= 4 is 21.7 Å². The number of amides is 1. The Kier molecular flexibility index (Phi) is 7.40. The zero-order valence-corrected chi connectivity index (χ0v) is 19.1. The van der Waals surface area contributed by atoms with Crippen LogP contribution in [-0.2, 0) is 26.0 Å². The zero-order valence-electron chi connectivity index (χ0n) is 18.3. The molecule has 0 bridgehead atoms. The van der Waals surface area contributed by atoms with Gasteiger partial charge in [0.2, 0.25) is 0 Å². The Labute approximate surface area is 188 Å². The second kappa shape index (κ2) is 10.0. The van der Waals surface area contributed by atoms with Gasteiger partial charge in [0.05, 0.1) is 24.2 Å². The number of benzene rings is 2. The third-order valence-electron chi connectivity index (χ3n) is 5.37. The second-order valence-corrected chi connectivity index (χ2v) is 9.92. The quantitative estimate of drug-likeness (QED) is 0.557. The molecule has 1 fully saturated rings. The van der Waals surface area contributed by atoms with E-state index in [4.69, 9.17) is 14.2 Å². The molecule has 9 heteroatoms. The molecule has 0 aliphatic carbocycles. The average molecular weight is 462 g/mol. The van der Waals surface area contributed by atoms with E-state index in [2.05, 4.69) is 0 Å². The van der Waals surface area contributed by atoms with E-state index in [1.54, 1.807) is 6.07 Å². The van der Waals surface area contributed by atoms with Gasteiger partial charge in [-0.1, -0.05) is 30.3 Å². The molecule has 2 aromatic carbocycles. The van der Waals surface area contributed by atoms with Crippen LogP contribution >= 0.6 is 0 Å². The largest absolute Gasteiger partial charge is 0.493 e. The minimum atomic E-state index is -3.13. The van der Waals surface area contributed by atoms with E-state index in [-0.39, 0.29) is 17.1 Å². The molecular formula is C23H27NO7S. The average Bonchev–Trinajstić information content (AvgIpc) is 3.16. The van der Waals surface area contributed by atoms with Crippen molar-refractivity contribution in [3.05, 3.63) is 59.7 Å². The molecular weight excluding hydrogens is 434 g/mol. The number of carbonyl (C=O) groups is 2. The highest BCUT2D eigenvalue weighted by atomic mass is 32.2. The van der Waals surface area contributed by atoms with Crippen molar-refractivity contribution < 1.29 is 32.2 Å². The maximum absolute atomic E-state index is 12.6. The van der Waals surface area contributed by atoms with Crippen molar-refractivity contribution in [1.29, 1.82) is 0 Å². The maximum Gasteiger partial charge on any atom is 0.339 e. The van der Waals surface area contributed by atoms with Gasteiger partial charge in [-0.25, -0.2) is 13.2 Å². The molecule has 0 saturated carbocycles. The molecule has 1 heterocycles. The highest BCUT2D eigenvalue weighted by molar-refractivity contribution is 7.91. The fraction of sp³-hybridized carbons (Fsp3) is 0.391. The van der Waals surface area contributed by atoms with E-state index in [1.807, 2.05) is 30.3 Å². The first kappa shape index (κ1) is 23.6. The van der Waals surface area contributed by atoms with Crippen LogP contribution in [0.3, 0.4) is 0 Å². The van der Waals surface area contributed by atoms with Gasteiger partial charge in [-0.05, 0) is 37.1 Å². The standard InChI is InChI=1S/C23H27NO7S/c1-16(22(25)24(2)19-11-12-32(27,28)15-19)31-23(26)18-9-10-20(21(13-18)29-3)30-14-17-7-5-4-6-8-17/h4-10,13,16,19H,11-12,14-15H2,1-3H3. The number of esters is 1. The van der Waals surface area contributed by atoms with Gasteiger partial charge in [0.15, 0.2) is 27.4 Å². The van der Waals surface area contributed by atoms with Gasteiger partial charge >= 0.3 is 5.97 Å². The third-order valence-corrected chi connectivity index (χ3v) is 7.12. The van der Waals surface area contributed by atoms with Crippen LogP contribution in [0.25, 0.3) is 0 Å². The van der Waals surface area contributed by atoms with Gasteiger partial charge in [-0.15, -0.1) is 0 Å². The number of carbonyl (C=O) groups excluding carboxylic acids is 2. The number of likely N-dealkylation sites (N-methyl/N-ethyl adjacent to an activating group) is 1. The Morgan fingerprint density at radius 3 is 2.47 bits per heavy atom. The van der Waals surface area contributed by atoms with Crippen molar-refractivity contribution in [1.82, 2.24) is 4.90 Å². The number of nitrogens with zero attached hydrogens (tertiary/aromatic N) is 1. The summed E-state index contributed by atoms with van der Waals surface area (Å²) in [5.74, 6) is -0.317. The molecule has 172 valence electrons. The lowest BCUT2D eigenvalue weighted by molar-refractivity contribution is -0.140. The highest BCUT2D eigenvalue weighted by Gasteiger charge is 2.35. The zero-order chi connectivity index (χ0) is 23.3. The Hall–Kier alpha value is -3.07. The Morgan fingerprint density at radius 2 is 1.84 bits per heavy atom. The van der Waals surface area contributed by atoms with Crippen LogP contribution in [0.5, 0.6) is 11.5 Å². The van der Waals surface area contributed by atoms with E-state index < -0.39 is 33.9 Å². The first-order valence-electron chi connectivity index (χ1n) is 10.2. The van der Waals surface area contributed by atoms with Crippen LogP contribution < -0.4 is 9.47 Å². The SMILES string of the molecule is COc1cc(C(=O)OC(C)C(=O)N(C)C2CCS(=O)(=O)C2)ccc1OCc1ccccc1. The molecule has 0 spiro atoms. The fourth-order valence-corrected chi connectivity index (χ4v) is 5.25. The Bertz CT molecular complexity index is 1070. The molecule has 3 rings (SSSR count). The van der Waals surface area contributed by atoms with Gasteiger partial charge in [-0.2, -0.15) is 0 Å². The van der Waals surface area contributed by atoms with Gasteiger partial charge in [0.25, 0.3) is 5.91 Å². The predicted octanol–water partition coefficient (Wildman–Crippen LogP) is 2.46. The second-order valence-electron chi connectivity index (χ2n) is 7.69. The number of sulfone groups is 1. The lowest BCUT2D eigenvalue weighted by Gasteiger charge is -2.26. The van der Waals surface area contributed by atoms with E-state index in [0.717, 1.165) is 5.56 Å². The molecule has 2 aromatic rings. The minimum absolute atomic E-state index is 0.0575. The van der Waals surface area contributed by atoms with Crippen LogP contribution in [0.15, 0.2) is 48.5 Å². The molecule has 8 nitrogen and oxygen atoms in total. The van der Waals surface area contributed by atoms with Gasteiger partial charge in [0.1, 0.15) is 6.61 Å². The monoisotopic (exact) mass is 461 g/mol. The first-order valence-corrected chi connectivity index (χ1v) is 12.0. The minimum Gasteiger partial charge on any atom is -0.493 e. The van der Waals surface area contributed by atoms with Crippen molar-refractivity contribution in [3.8, 4) is 11.5 Å². The van der Waals surface area contributed by atoms with Crippen LogP contribution in [-0.4, -0.2) is 63.0 Å². The van der Waals surface area contributed by atoms with E-state index >= 15 is 0 Å². The summed E-state index contributed by atoms with van der Waals surface area (Å²) >= 11 is 0. The number of methoxy groups -OCH3 is 1. The first-order chi connectivity index (χ1) is 15.2. The van der Waals surface area contributed by atoms with Gasteiger partial charge in [-0.3, -0.25) is 4.79 Å². The summed E-state index contributed by atoms with van der Waals surface area (Å²) < 4.78 is 39.8. The van der Waals surface area contributed by atoms with Crippen LogP contribution in [0.1, 0.15) is 29.3 Å². The third kappa shape index (κ3) is 5.79. The van der Waals surface area contributed by atoms with E-state index in [0.29, 0.717) is 24.5 Å². The van der Waals surface area contributed by atoms with Crippen LogP contribution in [0, 0.1) is 0 Å². The lowest BCUT2D eigenvalue weighted by atomic mass is 10.2. The molecule has 0 aromatic heterocycles. The summed E-state index contributed by atoms with van der Waals surface area (Å²) in [6.07, 6.45) is -0.678. The van der Waals surface area contributed by atoms with Crippen LogP contribution in [0.2, 0.25) is 0 Å². The summed E-state index contributed by atoms with van der Waals surface area (Å²) in [5, 5.41) is 0. The molecule has 2 unspecified atom stereocenters. The summed E-state index contributed by atoms with van der Waals surface area (Å²) in [6, 6.07) is 13.9. The summed E-state index contributed by atoms with van der Waals surface area (Å²) in [5.41, 5.74) is 1.20. The van der Waals surface area contributed by atoms with Crippen molar-refractivity contribution in [2.45, 2.75) is 32.1 Å². The lowest BCUT2D eigenvalue weighted by Crippen LogP contribution is -2.44. The van der Waals surface area contributed by atoms with Crippen LogP contribution in [0.4, 0.5) is 0 Å². The number of hydrogen-bond donors (Lipinski definition) is 0. The molecule has 1 saturated heterocycles. The molecule has 32 heavy (non-hydrogen) atoms. The molecule has 0 radical (unpaired) electrons. The topological polar surface area (TPSA) is 99.2 Å². The van der Waals surface area contributed by atoms with Crippen molar-refractivity contribution in [3.63, 3.8) is 0 Å². The Morgan fingerprint density at radius 1 is 1.12 bits per heavy atom. The normalized spacial score (nSPS) is 17.9. The molecule has 0 N–H and O–H groups in total. The Balaban J connectivity index is 1.62. The molecule has 1 amide bonds.